The highest BCUT2D eigenvalue weighted by molar-refractivity contribution is 7.94. The number of nitrogens with zero attached hydrogens (tertiary/aromatic N) is 1. The zero-order chi connectivity index (χ0) is 21.7. The molecular weight excluding hydrogens is 424 g/mol. The Morgan fingerprint density at radius 3 is 2.43 bits per heavy atom. The Morgan fingerprint density at radius 1 is 1.07 bits per heavy atom. The summed E-state index contributed by atoms with van der Waals surface area (Å²) in [6.07, 6.45) is 0. The summed E-state index contributed by atoms with van der Waals surface area (Å²) in [5, 5.41) is 4.38. The molecule has 3 aromatic rings. The Hall–Kier alpha value is -3.17. The number of thiophene rings is 1. The van der Waals surface area contributed by atoms with Gasteiger partial charge in [0.25, 0.3) is 15.9 Å². The zero-order valence-corrected chi connectivity index (χ0v) is 18.0. The van der Waals surface area contributed by atoms with Gasteiger partial charge >= 0.3 is 0 Å². The van der Waals surface area contributed by atoms with Gasteiger partial charge in [-0.05, 0) is 54.8 Å². The zero-order valence-electron chi connectivity index (χ0n) is 16.4. The maximum atomic E-state index is 12.6. The van der Waals surface area contributed by atoms with E-state index in [1.165, 1.54) is 18.3 Å². The van der Waals surface area contributed by atoms with Gasteiger partial charge in [-0.25, -0.2) is 8.42 Å². The molecule has 156 valence electrons. The average Bonchev–Trinajstić information content (AvgIpc) is 3.28. The Kier molecular flexibility index (Phi) is 6.53. The molecule has 0 aliphatic carbocycles. The van der Waals surface area contributed by atoms with Crippen molar-refractivity contribution < 1.29 is 22.7 Å². The molecule has 0 unspecified atom stereocenters. The Labute approximate surface area is 179 Å². The number of anilines is 2. The monoisotopic (exact) mass is 444 g/mol. The van der Waals surface area contributed by atoms with E-state index in [1.54, 1.807) is 66.0 Å². The Morgan fingerprint density at radius 2 is 1.80 bits per heavy atom. The van der Waals surface area contributed by atoms with Crippen LogP contribution in [0.2, 0.25) is 0 Å². The molecule has 1 heterocycles. The number of ether oxygens (including phenoxy) is 1. The number of hydrogen-bond acceptors (Lipinski definition) is 6. The average molecular weight is 445 g/mol. The second-order valence-corrected chi connectivity index (χ2v) is 9.52. The summed E-state index contributed by atoms with van der Waals surface area (Å²) in [4.78, 5) is 23.5. The number of carbonyl (C=O) groups excluding carboxylic acids is 2. The highest BCUT2D eigenvalue weighted by Crippen LogP contribution is 2.26. The molecule has 0 spiro atoms. The Bertz CT molecular complexity index is 1140. The van der Waals surface area contributed by atoms with E-state index in [1.807, 2.05) is 0 Å². The third-order valence-corrected chi connectivity index (χ3v) is 7.39. The normalized spacial score (nSPS) is 11.0. The molecule has 0 aliphatic rings. The molecule has 1 aromatic heterocycles. The van der Waals surface area contributed by atoms with Gasteiger partial charge in [0.15, 0.2) is 12.4 Å². The van der Waals surface area contributed by atoms with E-state index in [0.717, 1.165) is 11.3 Å². The first-order valence-electron chi connectivity index (χ1n) is 8.93. The lowest BCUT2D eigenvalue weighted by Crippen LogP contribution is -2.25. The second-order valence-electron chi connectivity index (χ2n) is 6.37. The molecule has 3 rings (SSSR count). The highest BCUT2D eigenvalue weighted by Gasteiger charge is 2.22. The smallest absolute Gasteiger partial charge is 0.273 e. The van der Waals surface area contributed by atoms with Crippen molar-refractivity contribution >= 4 is 44.4 Å². The van der Waals surface area contributed by atoms with E-state index in [9.17, 15) is 18.0 Å². The molecule has 7 nitrogen and oxygen atoms in total. The lowest BCUT2D eigenvalue weighted by Gasteiger charge is -2.18. The summed E-state index contributed by atoms with van der Waals surface area (Å²) in [5.74, 6) is -0.0426. The van der Waals surface area contributed by atoms with Crippen molar-refractivity contribution in [2.24, 2.45) is 0 Å². The van der Waals surface area contributed by atoms with Crippen molar-refractivity contribution in [3.8, 4) is 5.75 Å². The maximum Gasteiger partial charge on any atom is 0.273 e. The molecule has 1 amide bonds. The summed E-state index contributed by atoms with van der Waals surface area (Å²) < 4.78 is 32.0. The summed E-state index contributed by atoms with van der Waals surface area (Å²) in [5.41, 5.74) is 1.49. The van der Waals surface area contributed by atoms with Gasteiger partial charge in [-0.1, -0.05) is 18.2 Å². The molecule has 0 fully saturated rings. The number of carbonyl (C=O) groups is 2. The molecule has 0 saturated heterocycles. The summed E-state index contributed by atoms with van der Waals surface area (Å²) in [6.45, 7) is 1.23. The lowest BCUT2D eigenvalue weighted by molar-refractivity contribution is -0.118. The van der Waals surface area contributed by atoms with Crippen molar-refractivity contribution in [3.05, 3.63) is 71.6 Å². The standard InChI is InChI=1S/C21H20N2O5S2/c1-15(24)16-5-3-6-17(13-16)22-20(25)14-28-19-10-8-18(9-11-19)23(2)30(26,27)21-7-4-12-29-21/h3-13H,14H2,1-2H3,(H,22,25). The molecule has 0 radical (unpaired) electrons. The fraction of sp³-hybridized carbons (Fsp3) is 0.143. The van der Waals surface area contributed by atoms with Gasteiger partial charge < -0.3 is 10.1 Å². The largest absolute Gasteiger partial charge is 0.484 e. The second kappa shape index (κ2) is 9.10. The van der Waals surface area contributed by atoms with Gasteiger partial charge in [-0.15, -0.1) is 11.3 Å². The molecule has 30 heavy (non-hydrogen) atoms. The summed E-state index contributed by atoms with van der Waals surface area (Å²) in [7, 11) is -2.13. The fourth-order valence-electron chi connectivity index (χ4n) is 2.60. The van der Waals surface area contributed by atoms with Crippen LogP contribution in [0.25, 0.3) is 0 Å². The molecule has 1 N–H and O–H groups in total. The van der Waals surface area contributed by atoms with Gasteiger partial charge in [-0.2, -0.15) is 0 Å². The lowest BCUT2D eigenvalue weighted by atomic mass is 10.1. The van der Waals surface area contributed by atoms with E-state index in [0.29, 0.717) is 22.7 Å². The quantitative estimate of drug-likeness (QED) is 0.534. The minimum Gasteiger partial charge on any atom is -0.484 e. The number of sulfonamides is 1. The van der Waals surface area contributed by atoms with Crippen LogP contribution >= 0.6 is 11.3 Å². The van der Waals surface area contributed by atoms with E-state index < -0.39 is 10.0 Å². The van der Waals surface area contributed by atoms with Crippen LogP contribution in [0.15, 0.2) is 70.3 Å². The molecule has 0 aliphatic heterocycles. The molecule has 2 aromatic carbocycles. The van der Waals surface area contributed by atoms with Crippen molar-refractivity contribution in [2.75, 3.05) is 23.3 Å². The van der Waals surface area contributed by atoms with Crippen LogP contribution in [-0.2, 0) is 14.8 Å². The SMILES string of the molecule is CC(=O)c1cccc(NC(=O)COc2ccc(N(C)S(=O)(=O)c3cccs3)cc2)c1. The third kappa shape index (κ3) is 5.05. The molecule has 0 saturated carbocycles. The predicted octanol–water partition coefficient (Wildman–Crippen LogP) is 3.79. The fourth-order valence-corrected chi connectivity index (χ4v) is 4.95. The maximum absolute atomic E-state index is 12.6. The number of rotatable bonds is 8. The summed E-state index contributed by atoms with van der Waals surface area (Å²) in [6, 6.07) is 16.3. The van der Waals surface area contributed by atoms with E-state index in [-0.39, 0.29) is 22.5 Å². The van der Waals surface area contributed by atoms with Crippen LogP contribution < -0.4 is 14.4 Å². The van der Waals surface area contributed by atoms with Crippen LogP contribution in [0.3, 0.4) is 0 Å². The Balaban J connectivity index is 1.59. The first-order valence-corrected chi connectivity index (χ1v) is 11.3. The number of hydrogen-bond donors (Lipinski definition) is 1. The van der Waals surface area contributed by atoms with Gasteiger partial charge in [0, 0.05) is 18.3 Å². The van der Waals surface area contributed by atoms with Gasteiger partial charge in [0.1, 0.15) is 9.96 Å². The predicted molar refractivity (Wildman–Crippen MR) is 117 cm³/mol. The van der Waals surface area contributed by atoms with Crippen LogP contribution in [-0.4, -0.2) is 33.8 Å². The van der Waals surface area contributed by atoms with Crippen molar-refractivity contribution in [3.63, 3.8) is 0 Å². The topological polar surface area (TPSA) is 92.8 Å². The molecule has 9 heteroatoms. The number of benzene rings is 2. The highest BCUT2D eigenvalue weighted by atomic mass is 32.2. The van der Waals surface area contributed by atoms with Gasteiger partial charge in [-0.3, -0.25) is 13.9 Å². The number of Topliss-reactive ketones (excluding diaryl/α,β-unsaturated/α-hetero) is 1. The third-order valence-electron chi connectivity index (χ3n) is 4.23. The van der Waals surface area contributed by atoms with E-state index in [2.05, 4.69) is 5.32 Å². The van der Waals surface area contributed by atoms with Crippen molar-refractivity contribution in [1.29, 1.82) is 0 Å². The summed E-state index contributed by atoms with van der Waals surface area (Å²) >= 11 is 1.15. The van der Waals surface area contributed by atoms with Crippen molar-refractivity contribution in [2.45, 2.75) is 11.1 Å². The minimum absolute atomic E-state index is 0.0894. The molecular formula is C21H20N2O5S2. The van der Waals surface area contributed by atoms with Crippen LogP contribution in [0.1, 0.15) is 17.3 Å². The number of amides is 1. The van der Waals surface area contributed by atoms with Gasteiger partial charge in [0.2, 0.25) is 0 Å². The van der Waals surface area contributed by atoms with Crippen LogP contribution in [0.4, 0.5) is 11.4 Å². The van der Waals surface area contributed by atoms with Crippen LogP contribution in [0, 0.1) is 0 Å². The van der Waals surface area contributed by atoms with Gasteiger partial charge in [0.05, 0.1) is 5.69 Å². The van der Waals surface area contributed by atoms with E-state index >= 15 is 0 Å². The number of ketones is 1. The van der Waals surface area contributed by atoms with E-state index in [4.69, 9.17) is 4.74 Å². The first-order chi connectivity index (χ1) is 14.3. The van der Waals surface area contributed by atoms with Crippen LogP contribution in [0.5, 0.6) is 5.75 Å². The number of nitrogens with one attached hydrogen (secondary N) is 1. The first kappa shape index (κ1) is 21.5. The molecule has 0 atom stereocenters. The minimum atomic E-state index is -3.61. The van der Waals surface area contributed by atoms with Crippen molar-refractivity contribution in [1.82, 2.24) is 0 Å². The molecule has 0 bridgehead atoms.